The summed E-state index contributed by atoms with van der Waals surface area (Å²) in [6.45, 7) is 7.48. The number of amides is 1. The first-order valence-corrected chi connectivity index (χ1v) is 9.38. The SMILES string of the molecule is Cc1cccc(N2CCN(c3ncc(C(=O)N4CCCC4)cn3)CC2)c1. The Labute approximate surface area is 154 Å². The predicted molar refractivity (Wildman–Crippen MR) is 103 cm³/mol. The number of hydrogen-bond donors (Lipinski definition) is 0. The van der Waals surface area contributed by atoms with Gasteiger partial charge in [-0.1, -0.05) is 12.1 Å². The van der Waals surface area contributed by atoms with Crippen LogP contribution in [0.15, 0.2) is 36.7 Å². The van der Waals surface area contributed by atoms with Gasteiger partial charge in [-0.25, -0.2) is 9.97 Å². The predicted octanol–water partition coefficient (Wildman–Crippen LogP) is 2.35. The van der Waals surface area contributed by atoms with Crippen molar-refractivity contribution in [2.45, 2.75) is 19.8 Å². The molecular formula is C20H25N5O. The smallest absolute Gasteiger partial charge is 0.256 e. The average molecular weight is 351 g/mol. The van der Waals surface area contributed by atoms with E-state index in [0.29, 0.717) is 11.5 Å². The maximum Gasteiger partial charge on any atom is 0.256 e. The molecular weight excluding hydrogens is 326 g/mol. The third kappa shape index (κ3) is 3.49. The number of aryl methyl sites for hydroxylation is 1. The van der Waals surface area contributed by atoms with Crippen LogP contribution in [0.5, 0.6) is 0 Å². The lowest BCUT2D eigenvalue weighted by Gasteiger charge is -2.36. The second-order valence-corrected chi connectivity index (χ2v) is 7.08. The van der Waals surface area contributed by atoms with Crippen molar-refractivity contribution in [3.05, 3.63) is 47.8 Å². The Morgan fingerprint density at radius 2 is 1.58 bits per heavy atom. The van der Waals surface area contributed by atoms with Gasteiger partial charge in [-0.3, -0.25) is 4.79 Å². The quantitative estimate of drug-likeness (QED) is 0.850. The zero-order valence-corrected chi connectivity index (χ0v) is 15.3. The lowest BCUT2D eigenvalue weighted by Crippen LogP contribution is -2.47. The molecule has 4 rings (SSSR count). The van der Waals surface area contributed by atoms with Gasteiger partial charge < -0.3 is 14.7 Å². The zero-order chi connectivity index (χ0) is 17.9. The number of piperazine rings is 1. The molecule has 2 aliphatic rings. The van der Waals surface area contributed by atoms with Gasteiger partial charge in [0.25, 0.3) is 5.91 Å². The molecule has 0 saturated carbocycles. The van der Waals surface area contributed by atoms with Gasteiger partial charge in [-0.2, -0.15) is 0 Å². The molecule has 6 nitrogen and oxygen atoms in total. The molecule has 2 fully saturated rings. The Bertz CT molecular complexity index is 762. The van der Waals surface area contributed by atoms with Gasteiger partial charge in [0.1, 0.15) is 0 Å². The Kier molecular flexibility index (Phi) is 4.73. The first kappa shape index (κ1) is 16.8. The van der Waals surface area contributed by atoms with E-state index in [2.05, 4.69) is 51.0 Å². The fourth-order valence-corrected chi connectivity index (χ4v) is 3.69. The van der Waals surface area contributed by atoms with Crippen LogP contribution in [0.25, 0.3) is 0 Å². The average Bonchev–Trinajstić information content (AvgIpc) is 3.23. The Hall–Kier alpha value is -2.63. The van der Waals surface area contributed by atoms with E-state index < -0.39 is 0 Å². The molecule has 0 N–H and O–H groups in total. The summed E-state index contributed by atoms with van der Waals surface area (Å²) in [7, 11) is 0. The van der Waals surface area contributed by atoms with Crippen molar-refractivity contribution in [3.8, 4) is 0 Å². The number of nitrogens with zero attached hydrogens (tertiary/aromatic N) is 5. The number of aromatic nitrogens is 2. The summed E-state index contributed by atoms with van der Waals surface area (Å²) in [5.41, 5.74) is 3.15. The summed E-state index contributed by atoms with van der Waals surface area (Å²) in [5.74, 6) is 0.769. The minimum absolute atomic E-state index is 0.0540. The van der Waals surface area contributed by atoms with Gasteiger partial charge in [0.05, 0.1) is 5.56 Å². The van der Waals surface area contributed by atoms with Gasteiger partial charge in [0.2, 0.25) is 5.95 Å². The van der Waals surface area contributed by atoms with E-state index in [0.717, 1.165) is 52.1 Å². The van der Waals surface area contributed by atoms with Crippen LogP contribution in [0.4, 0.5) is 11.6 Å². The summed E-state index contributed by atoms with van der Waals surface area (Å²) in [5, 5.41) is 0. The molecule has 1 aromatic carbocycles. The lowest BCUT2D eigenvalue weighted by molar-refractivity contribution is 0.0792. The molecule has 1 amide bonds. The first-order valence-electron chi connectivity index (χ1n) is 9.38. The molecule has 136 valence electrons. The highest BCUT2D eigenvalue weighted by molar-refractivity contribution is 5.93. The van der Waals surface area contributed by atoms with Crippen LogP contribution < -0.4 is 9.80 Å². The number of carbonyl (C=O) groups is 1. The highest BCUT2D eigenvalue weighted by atomic mass is 16.2. The van der Waals surface area contributed by atoms with Gasteiger partial charge >= 0.3 is 0 Å². The van der Waals surface area contributed by atoms with Crippen molar-refractivity contribution in [2.24, 2.45) is 0 Å². The second-order valence-electron chi connectivity index (χ2n) is 7.08. The van der Waals surface area contributed by atoms with Crippen LogP contribution in [0, 0.1) is 6.92 Å². The topological polar surface area (TPSA) is 52.6 Å². The summed E-state index contributed by atoms with van der Waals surface area (Å²) < 4.78 is 0. The summed E-state index contributed by atoms with van der Waals surface area (Å²) in [4.78, 5) is 27.8. The van der Waals surface area contributed by atoms with E-state index in [9.17, 15) is 4.79 Å². The maximum absolute atomic E-state index is 12.4. The van der Waals surface area contributed by atoms with Crippen LogP contribution >= 0.6 is 0 Å². The van der Waals surface area contributed by atoms with Gasteiger partial charge in [0.15, 0.2) is 0 Å². The van der Waals surface area contributed by atoms with Crippen molar-refractivity contribution in [1.82, 2.24) is 14.9 Å². The van der Waals surface area contributed by atoms with Crippen molar-refractivity contribution in [2.75, 3.05) is 49.1 Å². The van der Waals surface area contributed by atoms with E-state index in [1.54, 1.807) is 12.4 Å². The molecule has 0 spiro atoms. The minimum Gasteiger partial charge on any atom is -0.368 e. The second kappa shape index (κ2) is 7.32. The molecule has 0 atom stereocenters. The fourth-order valence-electron chi connectivity index (χ4n) is 3.69. The van der Waals surface area contributed by atoms with Crippen LogP contribution in [-0.2, 0) is 0 Å². The summed E-state index contributed by atoms with van der Waals surface area (Å²) in [6, 6.07) is 8.62. The van der Waals surface area contributed by atoms with Crippen LogP contribution in [0.2, 0.25) is 0 Å². The van der Waals surface area contributed by atoms with Crippen molar-refractivity contribution >= 4 is 17.5 Å². The molecule has 1 aromatic heterocycles. The molecule has 0 radical (unpaired) electrons. The molecule has 6 heteroatoms. The number of hydrogen-bond acceptors (Lipinski definition) is 5. The maximum atomic E-state index is 12.4. The van der Waals surface area contributed by atoms with Crippen molar-refractivity contribution in [1.29, 1.82) is 0 Å². The monoisotopic (exact) mass is 351 g/mol. The Balaban J connectivity index is 1.37. The number of carbonyl (C=O) groups excluding carboxylic acids is 1. The van der Waals surface area contributed by atoms with Gasteiger partial charge in [-0.05, 0) is 37.5 Å². The van der Waals surface area contributed by atoms with Gasteiger partial charge in [0, 0.05) is 57.3 Å². The number of benzene rings is 1. The van der Waals surface area contributed by atoms with E-state index >= 15 is 0 Å². The zero-order valence-electron chi connectivity index (χ0n) is 15.3. The summed E-state index contributed by atoms with van der Waals surface area (Å²) in [6.07, 6.45) is 5.54. The van der Waals surface area contributed by atoms with E-state index in [1.807, 2.05) is 4.90 Å². The normalized spacial score (nSPS) is 17.7. The molecule has 2 aliphatic heterocycles. The largest absolute Gasteiger partial charge is 0.368 e. The molecule has 26 heavy (non-hydrogen) atoms. The molecule has 0 bridgehead atoms. The Morgan fingerprint density at radius 3 is 2.23 bits per heavy atom. The highest BCUT2D eigenvalue weighted by Crippen LogP contribution is 2.20. The van der Waals surface area contributed by atoms with Gasteiger partial charge in [-0.15, -0.1) is 0 Å². The number of rotatable bonds is 3. The standard InChI is InChI=1S/C20H25N5O/c1-16-5-4-6-18(13-16)23-9-11-25(12-10-23)20-21-14-17(15-22-20)19(26)24-7-2-3-8-24/h4-6,13-15H,2-3,7-12H2,1H3. The molecule has 2 aromatic rings. The fraction of sp³-hybridized carbons (Fsp3) is 0.450. The molecule has 0 aliphatic carbocycles. The van der Waals surface area contributed by atoms with E-state index in [1.165, 1.54) is 11.3 Å². The Morgan fingerprint density at radius 1 is 0.923 bits per heavy atom. The molecule has 3 heterocycles. The summed E-state index contributed by atoms with van der Waals surface area (Å²) >= 11 is 0. The van der Waals surface area contributed by atoms with Crippen molar-refractivity contribution in [3.63, 3.8) is 0 Å². The lowest BCUT2D eigenvalue weighted by atomic mass is 10.2. The third-order valence-electron chi connectivity index (χ3n) is 5.21. The number of anilines is 2. The highest BCUT2D eigenvalue weighted by Gasteiger charge is 2.22. The first-order chi connectivity index (χ1) is 12.7. The third-order valence-corrected chi connectivity index (χ3v) is 5.21. The molecule has 2 saturated heterocycles. The van der Waals surface area contributed by atoms with Crippen LogP contribution in [0.3, 0.4) is 0 Å². The minimum atomic E-state index is 0.0540. The van der Waals surface area contributed by atoms with Crippen LogP contribution in [0.1, 0.15) is 28.8 Å². The number of likely N-dealkylation sites (tertiary alicyclic amines) is 1. The van der Waals surface area contributed by atoms with E-state index in [4.69, 9.17) is 0 Å². The molecule has 0 unspecified atom stereocenters. The van der Waals surface area contributed by atoms with Crippen molar-refractivity contribution < 1.29 is 4.79 Å². The van der Waals surface area contributed by atoms with Crippen LogP contribution in [-0.4, -0.2) is 60.0 Å². The van der Waals surface area contributed by atoms with E-state index in [-0.39, 0.29) is 5.91 Å².